The van der Waals surface area contributed by atoms with Gasteiger partial charge >= 0.3 is 0 Å². The van der Waals surface area contributed by atoms with Gasteiger partial charge in [-0.15, -0.1) is 11.6 Å². The number of hydrogen-bond acceptors (Lipinski definition) is 3. The van der Waals surface area contributed by atoms with E-state index >= 15 is 0 Å². The molecule has 0 radical (unpaired) electrons. The SMILES string of the molecule is CC(C)CNC(=O)C(C)NS(=O)(=O)CCl. The average Bonchev–Trinajstić information content (AvgIpc) is 2.13. The third-order valence-corrected chi connectivity index (χ3v) is 3.44. The number of halogens is 1. The highest BCUT2D eigenvalue weighted by molar-refractivity contribution is 7.90. The Balaban J connectivity index is 4.11. The molecule has 0 spiro atoms. The first-order valence-corrected chi connectivity index (χ1v) is 6.81. The van der Waals surface area contributed by atoms with E-state index in [1.807, 2.05) is 13.8 Å². The van der Waals surface area contributed by atoms with Gasteiger partial charge in [-0.2, -0.15) is 0 Å². The molecular weight excluding hydrogens is 240 g/mol. The van der Waals surface area contributed by atoms with Crippen LogP contribution in [0.25, 0.3) is 0 Å². The molecule has 0 aromatic heterocycles. The summed E-state index contributed by atoms with van der Waals surface area (Å²) >= 11 is 5.19. The van der Waals surface area contributed by atoms with Gasteiger partial charge in [-0.3, -0.25) is 4.79 Å². The molecule has 2 N–H and O–H groups in total. The average molecular weight is 257 g/mol. The van der Waals surface area contributed by atoms with E-state index in [1.54, 1.807) is 0 Å². The molecule has 0 aliphatic carbocycles. The third-order valence-electron chi connectivity index (χ3n) is 1.58. The van der Waals surface area contributed by atoms with Gasteiger partial charge < -0.3 is 5.32 Å². The number of carbonyl (C=O) groups excluding carboxylic acids is 1. The van der Waals surface area contributed by atoms with Gasteiger partial charge in [0.2, 0.25) is 15.9 Å². The minimum absolute atomic E-state index is 0.325. The highest BCUT2D eigenvalue weighted by Crippen LogP contribution is 1.93. The van der Waals surface area contributed by atoms with E-state index in [1.165, 1.54) is 6.92 Å². The Morgan fingerprint density at radius 2 is 1.87 bits per heavy atom. The zero-order valence-electron chi connectivity index (χ0n) is 9.08. The highest BCUT2D eigenvalue weighted by atomic mass is 35.5. The Labute approximate surface area is 95.6 Å². The summed E-state index contributed by atoms with van der Waals surface area (Å²) in [6, 6.07) is -0.799. The normalized spacial score (nSPS) is 13.9. The van der Waals surface area contributed by atoms with Crippen molar-refractivity contribution in [2.45, 2.75) is 26.8 Å². The van der Waals surface area contributed by atoms with Crippen LogP contribution in [0.5, 0.6) is 0 Å². The van der Waals surface area contributed by atoms with Crippen molar-refractivity contribution in [3.8, 4) is 0 Å². The molecule has 90 valence electrons. The predicted octanol–water partition coefficient (Wildman–Crippen LogP) is 0.263. The number of hydrogen-bond donors (Lipinski definition) is 2. The summed E-state index contributed by atoms with van der Waals surface area (Å²) in [7, 11) is -3.55. The molecule has 15 heavy (non-hydrogen) atoms. The molecule has 0 aromatic rings. The maximum atomic E-state index is 11.4. The summed E-state index contributed by atoms with van der Waals surface area (Å²) < 4.78 is 24.2. The second-order valence-electron chi connectivity index (χ2n) is 3.70. The van der Waals surface area contributed by atoms with E-state index in [9.17, 15) is 13.2 Å². The molecular formula is C8H17ClN2O3S. The molecule has 1 atom stereocenters. The quantitative estimate of drug-likeness (QED) is 0.670. The first kappa shape index (κ1) is 14.7. The highest BCUT2D eigenvalue weighted by Gasteiger charge is 2.18. The number of carbonyl (C=O) groups is 1. The van der Waals surface area contributed by atoms with E-state index in [2.05, 4.69) is 10.0 Å². The van der Waals surface area contributed by atoms with Crippen LogP contribution in [0.15, 0.2) is 0 Å². The fourth-order valence-corrected chi connectivity index (χ4v) is 1.71. The molecule has 0 bridgehead atoms. The van der Waals surface area contributed by atoms with Crippen molar-refractivity contribution in [3.63, 3.8) is 0 Å². The van der Waals surface area contributed by atoms with E-state index in [0.29, 0.717) is 12.5 Å². The molecule has 0 heterocycles. The lowest BCUT2D eigenvalue weighted by Gasteiger charge is -2.14. The maximum absolute atomic E-state index is 11.4. The molecule has 1 unspecified atom stereocenters. The van der Waals surface area contributed by atoms with Gasteiger partial charge in [0.25, 0.3) is 0 Å². The van der Waals surface area contributed by atoms with Crippen molar-refractivity contribution in [1.29, 1.82) is 0 Å². The van der Waals surface area contributed by atoms with Crippen molar-refractivity contribution in [3.05, 3.63) is 0 Å². The van der Waals surface area contributed by atoms with E-state index < -0.39 is 21.3 Å². The Hall–Kier alpha value is -0.330. The maximum Gasteiger partial charge on any atom is 0.237 e. The smallest absolute Gasteiger partial charge is 0.237 e. The van der Waals surface area contributed by atoms with Crippen LogP contribution in [0.3, 0.4) is 0 Å². The lowest BCUT2D eigenvalue weighted by Crippen LogP contribution is -2.45. The van der Waals surface area contributed by atoms with Crippen LogP contribution < -0.4 is 10.0 Å². The Kier molecular flexibility index (Phi) is 6.16. The van der Waals surface area contributed by atoms with Gasteiger partial charge in [0.05, 0.1) is 6.04 Å². The van der Waals surface area contributed by atoms with Crippen molar-refractivity contribution < 1.29 is 13.2 Å². The molecule has 0 aliphatic rings. The van der Waals surface area contributed by atoms with Gasteiger partial charge in [-0.25, -0.2) is 13.1 Å². The fraction of sp³-hybridized carbons (Fsp3) is 0.875. The Morgan fingerprint density at radius 1 is 1.33 bits per heavy atom. The van der Waals surface area contributed by atoms with Crippen LogP contribution in [0.2, 0.25) is 0 Å². The molecule has 7 heteroatoms. The van der Waals surface area contributed by atoms with E-state index in [0.717, 1.165) is 0 Å². The van der Waals surface area contributed by atoms with Crippen molar-refractivity contribution in [2.75, 3.05) is 11.8 Å². The van der Waals surface area contributed by atoms with Crippen molar-refractivity contribution in [2.24, 2.45) is 5.92 Å². The van der Waals surface area contributed by atoms with Crippen molar-refractivity contribution in [1.82, 2.24) is 10.0 Å². The monoisotopic (exact) mass is 256 g/mol. The first-order valence-electron chi connectivity index (χ1n) is 4.62. The van der Waals surface area contributed by atoms with Crippen LogP contribution in [0.1, 0.15) is 20.8 Å². The summed E-state index contributed by atoms with van der Waals surface area (Å²) in [5.74, 6) is -0.0248. The van der Waals surface area contributed by atoms with Crippen LogP contribution in [-0.4, -0.2) is 32.1 Å². The Morgan fingerprint density at radius 3 is 2.27 bits per heavy atom. The molecule has 0 aliphatic heterocycles. The zero-order chi connectivity index (χ0) is 12.1. The minimum atomic E-state index is -3.55. The van der Waals surface area contributed by atoms with Gasteiger partial charge in [-0.05, 0) is 12.8 Å². The number of nitrogens with one attached hydrogen (secondary N) is 2. The summed E-state index contributed by atoms with van der Waals surface area (Å²) in [4.78, 5) is 11.4. The van der Waals surface area contributed by atoms with Crippen LogP contribution in [0.4, 0.5) is 0 Å². The summed E-state index contributed by atoms with van der Waals surface area (Å²) in [5, 5.41) is 2.07. The van der Waals surface area contributed by atoms with E-state index in [-0.39, 0.29) is 5.91 Å². The van der Waals surface area contributed by atoms with E-state index in [4.69, 9.17) is 11.6 Å². The van der Waals surface area contributed by atoms with Crippen LogP contribution in [-0.2, 0) is 14.8 Å². The summed E-state index contributed by atoms with van der Waals surface area (Å²) in [5.41, 5.74) is 0. The van der Waals surface area contributed by atoms with Crippen LogP contribution in [0, 0.1) is 5.92 Å². The second kappa shape index (κ2) is 6.30. The molecule has 1 amide bonds. The molecule has 0 saturated heterocycles. The molecule has 0 fully saturated rings. The lowest BCUT2D eigenvalue weighted by molar-refractivity contribution is -0.122. The summed E-state index contributed by atoms with van der Waals surface area (Å²) in [6.45, 7) is 5.90. The van der Waals surface area contributed by atoms with Gasteiger partial charge in [0.15, 0.2) is 0 Å². The first-order chi connectivity index (χ1) is 6.78. The van der Waals surface area contributed by atoms with Gasteiger partial charge in [0, 0.05) is 6.54 Å². The molecule has 5 nitrogen and oxygen atoms in total. The Bertz CT molecular complexity index is 303. The predicted molar refractivity (Wildman–Crippen MR) is 60.1 cm³/mol. The topological polar surface area (TPSA) is 75.3 Å². The standard InChI is InChI=1S/C8H17ClN2O3S/c1-6(2)4-10-8(12)7(3)11-15(13,14)5-9/h6-7,11H,4-5H2,1-3H3,(H,10,12). The second-order valence-corrected chi connectivity index (χ2v) is 6.04. The van der Waals surface area contributed by atoms with Crippen LogP contribution >= 0.6 is 11.6 Å². The number of amides is 1. The minimum Gasteiger partial charge on any atom is -0.354 e. The van der Waals surface area contributed by atoms with Gasteiger partial charge in [0.1, 0.15) is 5.21 Å². The summed E-state index contributed by atoms with van der Waals surface area (Å²) in [6.07, 6.45) is 0. The lowest BCUT2D eigenvalue weighted by atomic mass is 10.2. The largest absolute Gasteiger partial charge is 0.354 e. The zero-order valence-corrected chi connectivity index (χ0v) is 10.7. The number of rotatable bonds is 6. The fourth-order valence-electron chi connectivity index (χ4n) is 0.812. The third kappa shape index (κ3) is 6.70. The van der Waals surface area contributed by atoms with Crippen molar-refractivity contribution >= 4 is 27.5 Å². The van der Waals surface area contributed by atoms with Gasteiger partial charge in [-0.1, -0.05) is 13.8 Å². The number of alkyl halides is 1. The number of sulfonamides is 1. The molecule has 0 saturated carbocycles. The molecule has 0 rings (SSSR count). The molecule has 0 aromatic carbocycles.